The van der Waals surface area contributed by atoms with Gasteiger partial charge in [-0.15, -0.1) is 0 Å². The molecule has 0 radical (unpaired) electrons. The van der Waals surface area contributed by atoms with E-state index in [0.717, 1.165) is 25.3 Å². The fourth-order valence-corrected chi connectivity index (χ4v) is 1.78. The Morgan fingerprint density at radius 3 is 2.80 bits per heavy atom. The van der Waals surface area contributed by atoms with Crippen LogP contribution in [-0.2, 0) is 4.74 Å². The van der Waals surface area contributed by atoms with Crippen molar-refractivity contribution >= 4 is 19.3 Å². The maximum Gasteiger partial charge on any atom is 0.128 e. The molecule has 1 fully saturated rings. The molecular formula is C11H18N2OS. The van der Waals surface area contributed by atoms with Gasteiger partial charge in [-0.2, -0.15) is 13.5 Å². The second-order valence-corrected chi connectivity index (χ2v) is 3.79. The van der Waals surface area contributed by atoms with Gasteiger partial charge in [0.1, 0.15) is 5.82 Å². The van der Waals surface area contributed by atoms with Crippen molar-refractivity contribution in [3.63, 3.8) is 0 Å². The van der Waals surface area contributed by atoms with Gasteiger partial charge in [0.2, 0.25) is 0 Å². The number of aryl methyl sites for hydroxylation is 1. The molecule has 1 atom stereocenters. The third kappa shape index (κ3) is 2.86. The molecule has 1 aliphatic heterocycles. The Morgan fingerprint density at radius 2 is 2.27 bits per heavy atom. The first-order valence-corrected chi connectivity index (χ1v) is 5.00. The first kappa shape index (κ1) is 12.3. The summed E-state index contributed by atoms with van der Waals surface area (Å²) in [6.45, 7) is 4.07. The van der Waals surface area contributed by atoms with E-state index in [9.17, 15) is 0 Å². The second kappa shape index (κ2) is 5.37. The Kier molecular flexibility index (Phi) is 4.42. The average Bonchev–Trinajstić information content (AvgIpc) is 2.67. The first-order valence-electron chi connectivity index (χ1n) is 5.00. The van der Waals surface area contributed by atoms with Crippen LogP contribution in [0.5, 0.6) is 0 Å². The SMILES string of the molecule is CO[C@H]1CCN(c2ccc(C)cn2)C1.S. The number of aromatic nitrogens is 1. The van der Waals surface area contributed by atoms with Crippen LogP contribution in [0.4, 0.5) is 5.82 Å². The highest BCUT2D eigenvalue weighted by Crippen LogP contribution is 2.19. The van der Waals surface area contributed by atoms with Gasteiger partial charge in [0, 0.05) is 26.4 Å². The van der Waals surface area contributed by atoms with E-state index < -0.39 is 0 Å². The van der Waals surface area contributed by atoms with Crippen LogP contribution in [-0.4, -0.2) is 31.3 Å². The molecule has 0 spiro atoms. The summed E-state index contributed by atoms with van der Waals surface area (Å²) < 4.78 is 5.32. The maximum absolute atomic E-state index is 5.32. The van der Waals surface area contributed by atoms with E-state index in [1.807, 2.05) is 6.20 Å². The number of hydrogen-bond acceptors (Lipinski definition) is 3. The van der Waals surface area contributed by atoms with Crippen molar-refractivity contribution in [2.45, 2.75) is 19.4 Å². The van der Waals surface area contributed by atoms with Gasteiger partial charge in [0.05, 0.1) is 6.10 Å². The van der Waals surface area contributed by atoms with E-state index >= 15 is 0 Å². The molecule has 0 aliphatic carbocycles. The Morgan fingerprint density at radius 1 is 1.47 bits per heavy atom. The zero-order valence-corrected chi connectivity index (χ0v) is 10.2. The Labute approximate surface area is 97.9 Å². The third-order valence-electron chi connectivity index (χ3n) is 2.70. The van der Waals surface area contributed by atoms with E-state index in [1.54, 1.807) is 7.11 Å². The minimum absolute atomic E-state index is 0. The lowest BCUT2D eigenvalue weighted by atomic mass is 10.3. The molecule has 0 saturated carbocycles. The van der Waals surface area contributed by atoms with E-state index in [-0.39, 0.29) is 13.5 Å². The summed E-state index contributed by atoms with van der Waals surface area (Å²) in [4.78, 5) is 6.67. The van der Waals surface area contributed by atoms with Crippen LogP contribution in [0.3, 0.4) is 0 Å². The quantitative estimate of drug-likeness (QED) is 0.768. The molecule has 2 rings (SSSR count). The zero-order chi connectivity index (χ0) is 9.97. The molecule has 0 aromatic carbocycles. The van der Waals surface area contributed by atoms with Crippen LogP contribution in [0.25, 0.3) is 0 Å². The Bertz CT molecular complexity index is 302. The first-order chi connectivity index (χ1) is 6.79. The monoisotopic (exact) mass is 226 g/mol. The topological polar surface area (TPSA) is 25.4 Å². The van der Waals surface area contributed by atoms with Gasteiger partial charge in [-0.25, -0.2) is 4.98 Å². The highest BCUT2D eigenvalue weighted by Gasteiger charge is 2.22. The van der Waals surface area contributed by atoms with E-state index in [2.05, 4.69) is 28.9 Å². The van der Waals surface area contributed by atoms with Crippen molar-refractivity contribution in [3.8, 4) is 0 Å². The molecule has 1 aromatic rings. The standard InChI is InChI=1S/C11H16N2O.H2S/c1-9-3-4-11(12-7-9)13-6-5-10(8-13)14-2;/h3-4,7,10H,5-6,8H2,1-2H3;1H2/t10-;/m0./s1. The van der Waals surface area contributed by atoms with Crippen molar-refractivity contribution in [3.05, 3.63) is 23.9 Å². The van der Waals surface area contributed by atoms with Crippen molar-refractivity contribution in [2.24, 2.45) is 0 Å². The molecule has 1 saturated heterocycles. The lowest BCUT2D eigenvalue weighted by molar-refractivity contribution is 0.121. The number of anilines is 1. The van der Waals surface area contributed by atoms with Gasteiger partial charge in [-0.05, 0) is 25.0 Å². The van der Waals surface area contributed by atoms with Crippen LogP contribution in [0.1, 0.15) is 12.0 Å². The maximum atomic E-state index is 5.32. The summed E-state index contributed by atoms with van der Waals surface area (Å²) in [6.07, 6.45) is 3.39. The fraction of sp³-hybridized carbons (Fsp3) is 0.545. The molecule has 2 heterocycles. The number of pyridine rings is 1. The molecule has 0 bridgehead atoms. The van der Waals surface area contributed by atoms with Crippen molar-refractivity contribution in [1.29, 1.82) is 0 Å². The molecule has 15 heavy (non-hydrogen) atoms. The second-order valence-electron chi connectivity index (χ2n) is 3.79. The predicted molar refractivity (Wildman–Crippen MR) is 67.0 cm³/mol. The smallest absolute Gasteiger partial charge is 0.128 e. The molecule has 0 N–H and O–H groups in total. The number of hydrogen-bond donors (Lipinski definition) is 0. The van der Waals surface area contributed by atoms with Crippen LogP contribution in [0, 0.1) is 6.92 Å². The van der Waals surface area contributed by atoms with Gasteiger partial charge < -0.3 is 9.64 Å². The molecular weight excluding hydrogens is 208 g/mol. The third-order valence-corrected chi connectivity index (χ3v) is 2.70. The number of rotatable bonds is 2. The predicted octanol–water partition coefficient (Wildman–Crippen LogP) is 1.73. The summed E-state index contributed by atoms with van der Waals surface area (Å²) >= 11 is 0. The highest BCUT2D eigenvalue weighted by atomic mass is 32.1. The number of methoxy groups -OCH3 is 1. The van der Waals surface area contributed by atoms with E-state index in [1.165, 1.54) is 5.56 Å². The van der Waals surface area contributed by atoms with Crippen molar-refractivity contribution < 1.29 is 4.74 Å². The fourth-order valence-electron chi connectivity index (χ4n) is 1.78. The average molecular weight is 226 g/mol. The number of ether oxygens (including phenoxy) is 1. The molecule has 0 unspecified atom stereocenters. The summed E-state index contributed by atoms with van der Waals surface area (Å²) in [5.74, 6) is 1.06. The van der Waals surface area contributed by atoms with Crippen LogP contribution in [0.15, 0.2) is 18.3 Å². The lowest BCUT2D eigenvalue weighted by Crippen LogP contribution is -2.22. The molecule has 4 heteroatoms. The minimum atomic E-state index is 0. The summed E-state index contributed by atoms with van der Waals surface area (Å²) in [5.41, 5.74) is 1.20. The van der Waals surface area contributed by atoms with Gasteiger partial charge in [0.15, 0.2) is 0 Å². The number of nitrogens with zero attached hydrogens (tertiary/aromatic N) is 2. The highest BCUT2D eigenvalue weighted by molar-refractivity contribution is 7.59. The van der Waals surface area contributed by atoms with Gasteiger partial charge >= 0.3 is 0 Å². The molecule has 84 valence electrons. The lowest BCUT2D eigenvalue weighted by Gasteiger charge is -2.16. The Balaban J connectivity index is 0.00000112. The van der Waals surface area contributed by atoms with E-state index in [0.29, 0.717) is 6.10 Å². The van der Waals surface area contributed by atoms with Crippen LogP contribution >= 0.6 is 13.5 Å². The van der Waals surface area contributed by atoms with Gasteiger partial charge in [-0.3, -0.25) is 0 Å². The van der Waals surface area contributed by atoms with Crippen molar-refractivity contribution in [2.75, 3.05) is 25.1 Å². The summed E-state index contributed by atoms with van der Waals surface area (Å²) in [5, 5.41) is 0. The van der Waals surface area contributed by atoms with Crippen LogP contribution in [0.2, 0.25) is 0 Å². The van der Waals surface area contributed by atoms with Crippen molar-refractivity contribution in [1.82, 2.24) is 4.98 Å². The van der Waals surface area contributed by atoms with Gasteiger partial charge in [0.25, 0.3) is 0 Å². The summed E-state index contributed by atoms with van der Waals surface area (Å²) in [6, 6.07) is 4.18. The molecule has 1 aromatic heterocycles. The summed E-state index contributed by atoms with van der Waals surface area (Å²) in [7, 11) is 1.77. The molecule has 3 nitrogen and oxygen atoms in total. The van der Waals surface area contributed by atoms with Crippen LogP contribution < -0.4 is 4.90 Å². The molecule has 0 amide bonds. The normalized spacial score (nSPS) is 20.1. The molecule has 1 aliphatic rings. The largest absolute Gasteiger partial charge is 0.380 e. The van der Waals surface area contributed by atoms with Gasteiger partial charge in [-0.1, -0.05) is 6.07 Å². The van der Waals surface area contributed by atoms with E-state index in [4.69, 9.17) is 4.74 Å². The Hall–Kier alpha value is -0.740. The minimum Gasteiger partial charge on any atom is -0.380 e. The zero-order valence-electron chi connectivity index (χ0n) is 9.23.